The summed E-state index contributed by atoms with van der Waals surface area (Å²) in [5.74, 6) is -0.845. The van der Waals surface area contributed by atoms with E-state index < -0.39 is 35.9 Å². The number of rotatable bonds is 6. The first-order chi connectivity index (χ1) is 13.3. The Hall–Kier alpha value is -2.38. The van der Waals surface area contributed by atoms with E-state index in [2.05, 4.69) is 23.3 Å². The molecule has 0 aliphatic heterocycles. The van der Waals surface area contributed by atoms with E-state index in [1.165, 1.54) is 0 Å². The molecule has 9 nitrogen and oxygen atoms in total. The molecule has 0 saturated carbocycles. The molecule has 0 fully saturated rings. The Morgan fingerprint density at radius 2 is 1.38 bits per heavy atom. The molecule has 2 aromatic rings. The molecule has 156 valence electrons. The zero-order valence-corrected chi connectivity index (χ0v) is 17.8. The fourth-order valence-corrected chi connectivity index (χ4v) is 3.88. The number of hydrogen-bond acceptors (Lipinski definition) is 7. The summed E-state index contributed by atoms with van der Waals surface area (Å²) in [5, 5.41) is 5.48. The highest BCUT2D eigenvalue weighted by Crippen LogP contribution is 2.22. The largest absolute Gasteiger partial charge is 0.387 e. The molecule has 0 spiro atoms. The van der Waals surface area contributed by atoms with Gasteiger partial charge in [-0.3, -0.25) is 13.9 Å². The number of carbonyl (C=O) groups is 1. The molecule has 0 aromatic heterocycles. The number of amides is 1. The third kappa shape index (κ3) is 5.81. The van der Waals surface area contributed by atoms with Crippen LogP contribution in [0.1, 0.15) is 22.8 Å². The highest BCUT2D eigenvalue weighted by Gasteiger charge is 2.20. The molecule has 0 unspecified atom stereocenters. The third-order valence-electron chi connectivity index (χ3n) is 3.78. The Morgan fingerprint density at radius 3 is 1.76 bits per heavy atom. The van der Waals surface area contributed by atoms with Crippen molar-refractivity contribution in [3.05, 3.63) is 58.5 Å². The molecule has 2 aromatic carbocycles. The van der Waals surface area contributed by atoms with E-state index in [9.17, 15) is 30.7 Å². The molecule has 2 rings (SSSR count). The maximum Gasteiger partial charge on any atom is 0.294 e. The Bertz CT molecular complexity index is 1130. The number of benzene rings is 2. The Balaban J connectivity index is 2.39. The first-order valence-corrected chi connectivity index (χ1v) is 11.2. The van der Waals surface area contributed by atoms with Gasteiger partial charge < -0.3 is 10.6 Å². The van der Waals surface area contributed by atoms with Crippen LogP contribution in [0.15, 0.2) is 57.2 Å². The maximum atomic E-state index is 12.5. The standard InChI is InChI=1S/C17H18N2O7S3/c1-10(27)16(18-2)11-3-5-13(6-4-11)19-17(20)12-7-14(28(21,22)23)9-15(8-12)29(24,25)26/h3-9,18,27H,1-2H3,(H,19,20)(H,21,22,23)(H,24,25,26)/b16-10-. The molecule has 12 heteroatoms. The highest BCUT2D eigenvalue weighted by atomic mass is 32.2. The lowest BCUT2D eigenvalue weighted by Gasteiger charge is -2.11. The average Bonchev–Trinajstić information content (AvgIpc) is 2.61. The lowest BCUT2D eigenvalue weighted by atomic mass is 10.1. The van der Waals surface area contributed by atoms with Crippen molar-refractivity contribution in [3.8, 4) is 0 Å². The normalized spacial score (nSPS) is 12.9. The Kier molecular flexibility index (Phi) is 6.75. The van der Waals surface area contributed by atoms with Gasteiger partial charge in [-0.2, -0.15) is 16.8 Å². The average molecular weight is 459 g/mol. The van der Waals surface area contributed by atoms with Gasteiger partial charge in [-0.05, 0) is 42.8 Å². The first-order valence-electron chi connectivity index (χ1n) is 7.92. The maximum absolute atomic E-state index is 12.5. The van der Waals surface area contributed by atoms with Crippen molar-refractivity contribution in [1.29, 1.82) is 0 Å². The zero-order valence-electron chi connectivity index (χ0n) is 15.2. The molecular weight excluding hydrogens is 440 g/mol. The van der Waals surface area contributed by atoms with Crippen molar-refractivity contribution < 1.29 is 30.7 Å². The van der Waals surface area contributed by atoms with E-state index in [1.807, 2.05) is 0 Å². The van der Waals surface area contributed by atoms with E-state index in [0.29, 0.717) is 11.8 Å². The van der Waals surface area contributed by atoms with Crippen molar-refractivity contribution in [2.24, 2.45) is 0 Å². The molecule has 0 aliphatic rings. The minimum absolute atomic E-state index is 0.344. The van der Waals surface area contributed by atoms with Gasteiger partial charge in [-0.25, -0.2) is 0 Å². The van der Waals surface area contributed by atoms with Gasteiger partial charge >= 0.3 is 0 Å². The van der Waals surface area contributed by atoms with E-state index in [-0.39, 0.29) is 5.56 Å². The summed E-state index contributed by atoms with van der Waals surface area (Å²) in [7, 11) is -7.90. The molecular formula is C17H18N2O7S3. The number of hydrogen-bond donors (Lipinski definition) is 5. The predicted molar refractivity (Wildman–Crippen MR) is 111 cm³/mol. The summed E-state index contributed by atoms with van der Waals surface area (Å²) >= 11 is 4.29. The van der Waals surface area contributed by atoms with Gasteiger partial charge in [-0.15, -0.1) is 12.6 Å². The number of thiol groups is 1. The fraction of sp³-hybridized carbons (Fsp3) is 0.118. The van der Waals surface area contributed by atoms with Gasteiger partial charge in [0.1, 0.15) is 0 Å². The zero-order chi connectivity index (χ0) is 22.0. The molecule has 0 saturated heterocycles. The third-order valence-corrected chi connectivity index (χ3v) is 5.67. The van der Waals surface area contributed by atoms with Crippen LogP contribution in [0.4, 0.5) is 5.69 Å². The molecule has 0 aliphatic carbocycles. The summed E-state index contributed by atoms with van der Waals surface area (Å²) in [4.78, 5) is 11.5. The van der Waals surface area contributed by atoms with E-state index in [0.717, 1.165) is 28.3 Å². The van der Waals surface area contributed by atoms with Crippen LogP contribution >= 0.6 is 12.6 Å². The van der Waals surface area contributed by atoms with Crippen molar-refractivity contribution in [3.63, 3.8) is 0 Å². The molecule has 4 N–H and O–H groups in total. The van der Waals surface area contributed by atoms with Crippen LogP contribution < -0.4 is 10.6 Å². The van der Waals surface area contributed by atoms with Crippen LogP contribution in [0.5, 0.6) is 0 Å². The second-order valence-corrected chi connectivity index (χ2v) is 9.40. The minimum atomic E-state index is -4.82. The minimum Gasteiger partial charge on any atom is -0.387 e. The van der Waals surface area contributed by atoms with Crippen LogP contribution in [-0.4, -0.2) is 38.9 Å². The monoisotopic (exact) mass is 458 g/mol. The molecule has 0 radical (unpaired) electrons. The number of nitrogens with one attached hydrogen (secondary N) is 2. The smallest absolute Gasteiger partial charge is 0.294 e. The number of allylic oxidation sites excluding steroid dienone is 1. The molecule has 29 heavy (non-hydrogen) atoms. The van der Waals surface area contributed by atoms with Crippen molar-refractivity contribution in [1.82, 2.24) is 5.32 Å². The molecule has 1 amide bonds. The summed E-state index contributed by atoms with van der Waals surface area (Å²) < 4.78 is 63.8. The van der Waals surface area contributed by atoms with Crippen LogP contribution in [0.3, 0.4) is 0 Å². The summed E-state index contributed by atoms with van der Waals surface area (Å²) in [6.45, 7) is 1.81. The van der Waals surface area contributed by atoms with Gasteiger partial charge in [0.05, 0.1) is 15.5 Å². The van der Waals surface area contributed by atoms with Gasteiger partial charge in [0.25, 0.3) is 26.1 Å². The van der Waals surface area contributed by atoms with Crippen LogP contribution in [-0.2, 0) is 20.2 Å². The SMILES string of the molecule is CN/C(=C(/C)S)c1ccc(NC(=O)c2cc(S(=O)(=O)O)cc(S(=O)(=O)O)c2)cc1. The van der Waals surface area contributed by atoms with Crippen molar-refractivity contribution >= 4 is 50.2 Å². The molecule has 0 heterocycles. The summed E-state index contributed by atoms with van der Waals surface area (Å²) in [6, 6.07) is 8.70. The Labute approximate surface area is 173 Å². The molecule has 0 atom stereocenters. The van der Waals surface area contributed by atoms with Gasteiger partial charge in [0.2, 0.25) is 0 Å². The lowest BCUT2D eigenvalue weighted by molar-refractivity contribution is 0.102. The molecule has 0 bridgehead atoms. The topological polar surface area (TPSA) is 150 Å². The predicted octanol–water partition coefficient (Wildman–Crippen LogP) is 2.27. The number of carbonyl (C=O) groups excluding carboxylic acids is 1. The lowest BCUT2D eigenvalue weighted by Crippen LogP contribution is -2.14. The van der Waals surface area contributed by atoms with Gasteiger partial charge in [0, 0.05) is 23.2 Å². The highest BCUT2D eigenvalue weighted by molar-refractivity contribution is 7.86. The van der Waals surface area contributed by atoms with Crippen molar-refractivity contribution in [2.75, 3.05) is 12.4 Å². The van der Waals surface area contributed by atoms with Gasteiger partial charge in [0.15, 0.2) is 0 Å². The van der Waals surface area contributed by atoms with Crippen LogP contribution in [0.2, 0.25) is 0 Å². The summed E-state index contributed by atoms with van der Waals surface area (Å²) in [5.41, 5.74) is 1.54. The van der Waals surface area contributed by atoms with Crippen LogP contribution in [0, 0.1) is 0 Å². The summed E-state index contributed by atoms with van der Waals surface area (Å²) in [6.07, 6.45) is 0. The fourth-order valence-electron chi connectivity index (χ4n) is 2.46. The van der Waals surface area contributed by atoms with E-state index >= 15 is 0 Å². The van der Waals surface area contributed by atoms with E-state index in [1.54, 1.807) is 38.2 Å². The second kappa shape index (κ2) is 8.55. The van der Waals surface area contributed by atoms with Crippen LogP contribution in [0.25, 0.3) is 5.70 Å². The number of anilines is 1. The van der Waals surface area contributed by atoms with Gasteiger partial charge in [-0.1, -0.05) is 12.1 Å². The quantitative estimate of drug-likeness (QED) is 0.327. The van der Waals surface area contributed by atoms with Crippen molar-refractivity contribution in [2.45, 2.75) is 16.7 Å². The second-order valence-electron chi connectivity index (χ2n) is 5.89. The Morgan fingerprint density at radius 1 is 0.897 bits per heavy atom. The first kappa shape index (κ1) is 22.9. The van der Waals surface area contributed by atoms with E-state index in [4.69, 9.17) is 0 Å².